The number of H-pyrrole nitrogens is 1. The highest BCUT2D eigenvalue weighted by Gasteiger charge is 2.51. The van der Waals surface area contributed by atoms with E-state index in [4.69, 9.17) is 19.7 Å². The molecule has 0 saturated heterocycles. The number of hydrogen-bond acceptors (Lipinski definition) is 10. The topological polar surface area (TPSA) is 181 Å². The molecule has 1 saturated carbocycles. The van der Waals surface area contributed by atoms with Crippen LogP contribution in [-0.4, -0.2) is 56.8 Å². The Morgan fingerprint density at radius 3 is 2.70 bits per heavy atom. The number of carbonyl (C=O) groups is 2. The van der Waals surface area contributed by atoms with Crippen LogP contribution in [0.5, 0.6) is 0 Å². The van der Waals surface area contributed by atoms with Crippen LogP contribution >= 0.6 is 8.18 Å². The molecule has 2 aromatic rings. The van der Waals surface area contributed by atoms with E-state index in [0.717, 1.165) is 18.4 Å². The van der Waals surface area contributed by atoms with Crippen LogP contribution in [0.4, 0.5) is 5.95 Å². The summed E-state index contributed by atoms with van der Waals surface area (Å²) < 4.78 is 30.5. The third-order valence-corrected chi connectivity index (χ3v) is 7.05. The van der Waals surface area contributed by atoms with Gasteiger partial charge in [0.1, 0.15) is 19.0 Å². The lowest BCUT2D eigenvalue weighted by atomic mass is 10.1. The van der Waals surface area contributed by atoms with Crippen LogP contribution in [0.3, 0.4) is 0 Å². The number of nitrogens with one attached hydrogen (secondary N) is 2. The van der Waals surface area contributed by atoms with E-state index in [-0.39, 0.29) is 48.3 Å². The zero-order chi connectivity index (χ0) is 27.3. The van der Waals surface area contributed by atoms with E-state index in [9.17, 15) is 18.9 Å². The average molecular weight is 539 g/mol. The van der Waals surface area contributed by atoms with Crippen LogP contribution in [0.25, 0.3) is 17.4 Å². The van der Waals surface area contributed by atoms with Gasteiger partial charge in [-0.2, -0.15) is 4.98 Å². The van der Waals surface area contributed by atoms with Crippen LogP contribution in [0.15, 0.2) is 16.7 Å². The first-order valence-electron chi connectivity index (χ1n) is 12.2. The maximum Gasteiger partial charge on any atom is 0.323 e. The van der Waals surface area contributed by atoms with Crippen molar-refractivity contribution in [2.24, 2.45) is 11.3 Å². The van der Waals surface area contributed by atoms with Crippen LogP contribution in [0.1, 0.15) is 53.9 Å². The molecule has 2 heterocycles. The predicted octanol–water partition coefficient (Wildman–Crippen LogP) is 2.25. The lowest BCUT2D eigenvalue weighted by Gasteiger charge is -2.19. The Bertz CT molecular complexity index is 1260. The normalized spacial score (nSPS) is 20.6. The molecule has 1 aliphatic carbocycles. The number of nitrogen functional groups attached to an aromatic ring is 1. The highest BCUT2D eigenvalue weighted by Crippen LogP contribution is 2.54. The zero-order valence-electron chi connectivity index (χ0n) is 21.7. The number of ether oxygens (including phenoxy) is 2. The van der Waals surface area contributed by atoms with Crippen molar-refractivity contribution < 1.29 is 28.2 Å². The number of nitrogens with zero attached hydrogens (tertiary/aromatic N) is 3. The van der Waals surface area contributed by atoms with Gasteiger partial charge in [0.15, 0.2) is 11.2 Å². The summed E-state index contributed by atoms with van der Waals surface area (Å²) in [5.41, 5.74) is 5.70. The van der Waals surface area contributed by atoms with Gasteiger partial charge in [-0.1, -0.05) is 27.2 Å². The summed E-state index contributed by atoms with van der Waals surface area (Å²) in [4.78, 5) is 47.0. The Morgan fingerprint density at radius 1 is 1.30 bits per heavy atom. The van der Waals surface area contributed by atoms with Gasteiger partial charge in [-0.15, -0.1) is 0 Å². The molecule has 204 valence electrons. The fourth-order valence-electron chi connectivity index (χ4n) is 3.66. The van der Waals surface area contributed by atoms with Gasteiger partial charge in [-0.05, 0) is 32.3 Å². The van der Waals surface area contributed by atoms with Gasteiger partial charge in [-0.25, -0.2) is 10.1 Å². The van der Waals surface area contributed by atoms with E-state index in [1.54, 1.807) is 38.5 Å². The molecule has 0 bridgehead atoms. The summed E-state index contributed by atoms with van der Waals surface area (Å²) in [6.45, 7) is 8.80. The first-order valence-corrected chi connectivity index (χ1v) is 13.5. The summed E-state index contributed by atoms with van der Waals surface area (Å²) in [6, 6.07) is -0.818. The second-order valence-corrected chi connectivity index (χ2v) is 10.8. The number of aromatic amines is 1. The van der Waals surface area contributed by atoms with Crippen LogP contribution in [0, 0.1) is 11.3 Å². The van der Waals surface area contributed by atoms with Crippen molar-refractivity contribution in [1.82, 2.24) is 24.6 Å². The number of imidazole rings is 1. The lowest BCUT2D eigenvalue weighted by Crippen LogP contribution is -2.33. The number of rotatable bonds is 13. The van der Waals surface area contributed by atoms with Crippen molar-refractivity contribution >= 4 is 43.4 Å². The van der Waals surface area contributed by atoms with Crippen molar-refractivity contribution in [3.8, 4) is 0 Å². The third-order valence-electron chi connectivity index (χ3n) is 5.97. The fraction of sp³-hybridized carbons (Fsp3) is 0.609. The zero-order valence-corrected chi connectivity index (χ0v) is 22.7. The smallest absolute Gasteiger partial charge is 0.323 e. The van der Waals surface area contributed by atoms with Gasteiger partial charge >= 0.3 is 11.9 Å². The highest BCUT2D eigenvalue weighted by molar-refractivity contribution is 7.36. The van der Waals surface area contributed by atoms with E-state index in [1.165, 1.54) is 6.33 Å². The molecule has 3 rings (SSSR count). The van der Waals surface area contributed by atoms with Gasteiger partial charge in [0.2, 0.25) is 5.95 Å². The van der Waals surface area contributed by atoms with Crippen molar-refractivity contribution in [3.63, 3.8) is 0 Å². The monoisotopic (exact) mass is 538 g/mol. The van der Waals surface area contributed by atoms with Crippen molar-refractivity contribution in [1.29, 1.82) is 0 Å². The van der Waals surface area contributed by atoms with E-state index in [1.807, 2.05) is 6.92 Å². The molecule has 1 aliphatic rings. The Kier molecular flexibility index (Phi) is 9.27. The molecule has 0 aromatic carbocycles. The third kappa shape index (κ3) is 7.27. The summed E-state index contributed by atoms with van der Waals surface area (Å²) >= 11 is 0. The van der Waals surface area contributed by atoms with Gasteiger partial charge in [0.25, 0.3) is 13.7 Å². The summed E-state index contributed by atoms with van der Waals surface area (Å²) in [5, 5.41) is 2.65. The van der Waals surface area contributed by atoms with Crippen molar-refractivity contribution in [2.45, 2.75) is 66.0 Å². The molecule has 13 nitrogen and oxygen atoms in total. The van der Waals surface area contributed by atoms with Crippen molar-refractivity contribution in [2.75, 3.05) is 18.9 Å². The molecule has 1 fully saturated rings. The second kappa shape index (κ2) is 12.0. The van der Waals surface area contributed by atoms with Crippen LogP contribution in [-0.2, 0) is 28.2 Å². The predicted molar refractivity (Wildman–Crippen MR) is 138 cm³/mol. The second-order valence-electron chi connectivity index (χ2n) is 9.63. The van der Waals surface area contributed by atoms with Gasteiger partial charge in [0, 0.05) is 6.20 Å². The number of aromatic nitrogens is 4. The SMILES string of the molecule is CCC[C@H](C)OC(=O)[C@H](C)N[PH](=O)OCC1(COC(=O)C(C)C)C/C1=C/n1cnc2c(=O)[nH]c(N)nc21. The number of nitrogens with two attached hydrogens (primary N) is 1. The van der Waals surface area contributed by atoms with Gasteiger partial charge in [-0.3, -0.25) is 28.5 Å². The van der Waals surface area contributed by atoms with Gasteiger partial charge in [0.05, 0.1) is 24.0 Å². The number of hydrogen-bond donors (Lipinski definition) is 3. The standard InChI is InChI=1S/C23H35N6O7P/c1-6-7-14(4)36-21(32)15(5)28-37(33)35-11-23(10-34-20(31)13(2)3)8-16(23)9-29-12-25-17-18(29)26-22(24)27-19(17)30/h9,12-15,37H,6-8,10-11H2,1-5H3,(H,28,33)(H3,24,26,27,30)/b16-9-/t14-,15-,23?/m0/s1. The maximum absolute atomic E-state index is 12.6. The molecule has 0 aliphatic heterocycles. The molecule has 0 spiro atoms. The van der Waals surface area contributed by atoms with E-state index in [2.05, 4.69) is 20.0 Å². The molecule has 14 heteroatoms. The summed E-state index contributed by atoms with van der Waals surface area (Å²) in [6.07, 6.45) is 5.01. The highest BCUT2D eigenvalue weighted by atomic mass is 31.1. The lowest BCUT2D eigenvalue weighted by molar-refractivity contribution is -0.150. The molecular formula is C23H35N6O7P. The largest absolute Gasteiger partial charge is 0.464 e. The average Bonchev–Trinajstić information content (AvgIpc) is 3.35. The van der Waals surface area contributed by atoms with Gasteiger partial charge < -0.3 is 19.7 Å². The molecule has 4 atom stereocenters. The Labute approximate surface area is 215 Å². The quantitative estimate of drug-likeness (QED) is 0.251. The molecule has 37 heavy (non-hydrogen) atoms. The van der Waals surface area contributed by atoms with Crippen LogP contribution in [0.2, 0.25) is 0 Å². The minimum absolute atomic E-state index is 0.0138. The number of carbonyl (C=O) groups excluding carboxylic acids is 2. The first-order chi connectivity index (χ1) is 17.5. The molecular weight excluding hydrogens is 503 g/mol. The number of anilines is 1. The van der Waals surface area contributed by atoms with Crippen molar-refractivity contribution in [3.05, 3.63) is 22.3 Å². The fourth-order valence-corrected chi connectivity index (χ4v) is 4.62. The summed E-state index contributed by atoms with van der Waals surface area (Å²) in [7, 11) is -2.82. The Morgan fingerprint density at radius 2 is 2.03 bits per heavy atom. The minimum atomic E-state index is -2.82. The Hall–Kier alpha value is -3.02. The Balaban J connectivity index is 1.70. The van der Waals surface area contributed by atoms with E-state index in [0.29, 0.717) is 6.42 Å². The minimum Gasteiger partial charge on any atom is -0.464 e. The van der Waals surface area contributed by atoms with E-state index < -0.39 is 31.2 Å². The number of esters is 2. The van der Waals surface area contributed by atoms with Crippen LogP contribution < -0.4 is 16.4 Å². The molecule has 2 unspecified atom stereocenters. The number of fused-ring (bicyclic) bond motifs is 1. The molecule has 2 aromatic heterocycles. The first kappa shape index (κ1) is 28.5. The molecule has 4 N–H and O–H groups in total. The van der Waals surface area contributed by atoms with E-state index >= 15 is 0 Å². The molecule has 0 amide bonds. The maximum atomic E-state index is 12.6. The summed E-state index contributed by atoms with van der Waals surface area (Å²) in [5.74, 6) is -1.24. The molecule has 0 radical (unpaired) electrons.